The number of esters is 4. The smallest absolute Gasteiger partial charge is 0.331 e. The van der Waals surface area contributed by atoms with Gasteiger partial charge >= 0.3 is 23.9 Å². The molecule has 1 aromatic rings. The van der Waals surface area contributed by atoms with Crippen molar-refractivity contribution in [2.45, 2.75) is 51.4 Å². The van der Waals surface area contributed by atoms with Crippen molar-refractivity contribution in [3.8, 4) is 0 Å². The van der Waals surface area contributed by atoms with Crippen molar-refractivity contribution in [2.24, 2.45) is 0 Å². The van der Waals surface area contributed by atoms with Crippen molar-refractivity contribution in [3.63, 3.8) is 0 Å². The highest BCUT2D eigenvalue weighted by Gasteiger charge is 2.51. The van der Waals surface area contributed by atoms with Crippen LogP contribution in [-0.2, 0) is 47.6 Å². The lowest BCUT2D eigenvalue weighted by Gasteiger charge is -2.44. The van der Waals surface area contributed by atoms with Gasteiger partial charge < -0.3 is 33.7 Å². The van der Waals surface area contributed by atoms with Gasteiger partial charge in [0.2, 0.25) is 6.29 Å². The van der Waals surface area contributed by atoms with Crippen molar-refractivity contribution in [1.82, 2.24) is 5.32 Å². The van der Waals surface area contributed by atoms with Gasteiger partial charge in [-0.1, -0.05) is 15.9 Å². The Balaban J connectivity index is 2.45. The maximum Gasteiger partial charge on any atom is 0.331 e. The van der Waals surface area contributed by atoms with Crippen molar-refractivity contribution >= 4 is 45.7 Å². The second-order valence-electron chi connectivity index (χ2n) is 7.39. The summed E-state index contributed by atoms with van der Waals surface area (Å²) in [4.78, 5) is 59.8. The first-order valence-electron chi connectivity index (χ1n) is 10.4. The Labute approximate surface area is 209 Å². The molecule has 5 unspecified atom stereocenters. The number of nitrogens with one attached hydrogen (secondary N) is 1. The second-order valence-corrected chi connectivity index (χ2v) is 8.30. The fourth-order valence-electron chi connectivity index (χ4n) is 3.25. The van der Waals surface area contributed by atoms with E-state index >= 15 is 0 Å². The molecule has 1 aliphatic rings. The normalized spacial score (nSPS) is 23.5. The van der Waals surface area contributed by atoms with Gasteiger partial charge in [0.1, 0.15) is 31.5 Å². The van der Waals surface area contributed by atoms with Gasteiger partial charge in [0.05, 0.1) is 7.11 Å². The summed E-state index contributed by atoms with van der Waals surface area (Å²) in [6.07, 6.45) is -5.13. The summed E-state index contributed by atoms with van der Waals surface area (Å²) in [6.45, 7) is 2.45. The van der Waals surface area contributed by atoms with E-state index in [-0.39, 0.29) is 5.56 Å². The molecular formula is C22H26BrNO11. The van der Waals surface area contributed by atoms with Crippen LogP contribution in [0.5, 0.6) is 0 Å². The summed E-state index contributed by atoms with van der Waals surface area (Å²) >= 11 is 3.29. The highest BCUT2D eigenvalue weighted by Crippen LogP contribution is 2.28. The molecule has 0 aliphatic carbocycles. The topological polar surface area (TPSA) is 153 Å². The zero-order chi connectivity index (χ0) is 26.1. The van der Waals surface area contributed by atoms with Crippen LogP contribution in [0.4, 0.5) is 0 Å². The van der Waals surface area contributed by atoms with E-state index in [1.165, 1.54) is 6.92 Å². The van der Waals surface area contributed by atoms with Crippen molar-refractivity contribution in [1.29, 1.82) is 0 Å². The van der Waals surface area contributed by atoms with Crippen LogP contribution in [0.3, 0.4) is 0 Å². The maximum absolute atomic E-state index is 13.0. The fraction of sp³-hybridized carbons (Fsp3) is 0.500. The minimum Gasteiger partial charge on any atom is -0.467 e. The Hall–Kier alpha value is -3.03. The summed E-state index contributed by atoms with van der Waals surface area (Å²) in [5.41, 5.74) is 0.257. The monoisotopic (exact) mass is 559 g/mol. The van der Waals surface area contributed by atoms with Crippen molar-refractivity contribution in [2.75, 3.05) is 20.3 Å². The molecule has 1 saturated heterocycles. The SMILES string of the molecule is COC(=O)COC1C(NC(=O)c2ccc(Br)cc2)C(OC(C)=O)OC(COC(C)=O)C1OC(C)=O. The first kappa shape index (κ1) is 28.2. The molecule has 5 atom stereocenters. The van der Waals surface area contributed by atoms with Crippen LogP contribution in [0.2, 0.25) is 0 Å². The van der Waals surface area contributed by atoms with Crippen LogP contribution >= 0.6 is 15.9 Å². The molecule has 1 fully saturated rings. The number of benzene rings is 1. The van der Waals surface area contributed by atoms with E-state index in [2.05, 4.69) is 26.0 Å². The third kappa shape index (κ3) is 8.60. The van der Waals surface area contributed by atoms with E-state index in [0.717, 1.165) is 25.4 Å². The van der Waals surface area contributed by atoms with Crippen LogP contribution in [0.1, 0.15) is 31.1 Å². The van der Waals surface area contributed by atoms with Gasteiger partial charge in [-0.25, -0.2) is 4.79 Å². The Bertz CT molecular complexity index is 936. The van der Waals surface area contributed by atoms with Crippen LogP contribution in [-0.4, -0.2) is 80.8 Å². The highest BCUT2D eigenvalue weighted by atomic mass is 79.9. The average molecular weight is 560 g/mol. The number of amides is 1. The molecule has 0 radical (unpaired) electrons. The molecule has 1 aliphatic heterocycles. The van der Waals surface area contributed by atoms with E-state index in [0.29, 0.717) is 0 Å². The molecule has 1 heterocycles. The summed E-state index contributed by atoms with van der Waals surface area (Å²) in [7, 11) is 1.15. The molecule has 12 nitrogen and oxygen atoms in total. The lowest BCUT2D eigenvalue weighted by molar-refractivity contribution is -0.273. The van der Waals surface area contributed by atoms with Crippen molar-refractivity contribution < 1.29 is 52.4 Å². The minimum absolute atomic E-state index is 0.257. The maximum atomic E-state index is 13.0. The summed E-state index contributed by atoms with van der Waals surface area (Å²) in [5, 5.41) is 2.66. The Morgan fingerprint density at radius 2 is 1.57 bits per heavy atom. The summed E-state index contributed by atoms with van der Waals surface area (Å²) in [5.74, 6) is -3.47. The molecular weight excluding hydrogens is 534 g/mol. The van der Waals surface area contributed by atoms with E-state index in [1.54, 1.807) is 24.3 Å². The van der Waals surface area contributed by atoms with E-state index in [9.17, 15) is 24.0 Å². The Morgan fingerprint density at radius 3 is 2.11 bits per heavy atom. The lowest BCUT2D eigenvalue weighted by atomic mass is 9.95. The molecule has 0 saturated carbocycles. The van der Waals surface area contributed by atoms with E-state index in [1.807, 2.05) is 0 Å². The Kier molecular flexibility index (Phi) is 10.6. The number of ether oxygens (including phenoxy) is 6. The second kappa shape index (κ2) is 13.2. The molecule has 0 aromatic heterocycles. The standard InChI is InChI=1S/C22H26BrNO11/c1-11(25)31-9-16-19(33-12(2)26)20(32-10-17(28)30-4)18(22(35-16)34-13(3)27)24-21(29)14-5-7-15(23)8-6-14/h5-8,16,18-20,22H,9-10H2,1-4H3,(H,24,29). The average Bonchev–Trinajstić information content (AvgIpc) is 2.78. The van der Waals surface area contributed by atoms with Crippen LogP contribution < -0.4 is 5.32 Å². The molecule has 2 rings (SSSR count). The van der Waals surface area contributed by atoms with Gasteiger partial charge in [0, 0.05) is 30.8 Å². The summed E-state index contributed by atoms with van der Waals surface area (Å²) < 4.78 is 32.4. The predicted octanol–water partition coefficient (Wildman–Crippen LogP) is 0.889. The van der Waals surface area contributed by atoms with Gasteiger partial charge in [-0.2, -0.15) is 0 Å². The number of halogens is 1. The number of hydrogen-bond donors (Lipinski definition) is 1. The first-order chi connectivity index (χ1) is 16.5. The van der Waals surface area contributed by atoms with Crippen LogP contribution in [0.25, 0.3) is 0 Å². The molecule has 1 aromatic carbocycles. The third-order valence-corrected chi connectivity index (χ3v) is 5.24. The third-order valence-electron chi connectivity index (χ3n) is 4.71. The Morgan fingerprint density at radius 1 is 0.943 bits per heavy atom. The quantitative estimate of drug-likeness (QED) is 0.339. The van der Waals surface area contributed by atoms with E-state index in [4.69, 9.17) is 23.7 Å². The number of hydrogen-bond acceptors (Lipinski definition) is 11. The minimum atomic E-state index is -1.44. The molecule has 0 spiro atoms. The molecule has 1 N–H and O–H groups in total. The van der Waals surface area contributed by atoms with E-state index < -0.39 is 73.6 Å². The number of methoxy groups -OCH3 is 1. The zero-order valence-electron chi connectivity index (χ0n) is 19.5. The van der Waals surface area contributed by atoms with Crippen LogP contribution in [0, 0.1) is 0 Å². The van der Waals surface area contributed by atoms with Crippen molar-refractivity contribution in [3.05, 3.63) is 34.3 Å². The van der Waals surface area contributed by atoms with Gasteiger partial charge in [-0.3, -0.25) is 19.2 Å². The first-order valence-corrected chi connectivity index (χ1v) is 11.2. The summed E-state index contributed by atoms with van der Waals surface area (Å²) in [6, 6.07) is 5.15. The number of carbonyl (C=O) groups is 5. The molecule has 1 amide bonds. The fourth-order valence-corrected chi connectivity index (χ4v) is 3.51. The number of rotatable bonds is 9. The number of carbonyl (C=O) groups excluding carboxylic acids is 5. The molecule has 192 valence electrons. The van der Waals surface area contributed by atoms with Gasteiger partial charge in [-0.15, -0.1) is 0 Å². The largest absolute Gasteiger partial charge is 0.467 e. The molecule has 13 heteroatoms. The van der Waals surface area contributed by atoms with Gasteiger partial charge in [0.15, 0.2) is 6.10 Å². The zero-order valence-corrected chi connectivity index (χ0v) is 21.1. The van der Waals surface area contributed by atoms with Gasteiger partial charge in [-0.05, 0) is 24.3 Å². The molecule has 35 heavy (non-hydrogen) atoms. The highest BCUT2D eigenvalue weighted by molar-refractivity contribution is 9.10. The van der Waals surface area contributed by atoms with Gasteiger partial charge in [0.25, 0.3) is 5.91 Å². The van der Waals surface area contributed by atoms with Crippen LogP contribution in [0.15, 0.2) is 28.7 Å². The lowest BCUT2D eigenvalue weighted by Crippen LogP contribution is -2.66. The molecule has 0 bridgehead atoms. The predicted molar refractivity (Wildman–Crippen MR) is 120 cm³/mol.